The maximum Gasteiger partial charge on any atom is 0.149 e. The predicted molar refractivity (Wildman–Crippen MR) is 82.3 cm³/mol. The minimum absolute atomic E-state index is 0.726. The zero-order valence-electron chi connectivity index (χ0n) is 10.9. The summed E-state index contributed by atoms with van der Waals surface area (Å²) in [6.07, 6.45) is 0. The maximum absolute atomic E-state index is 5.63. The smallest absolute Gasteiger partial charge is 0.149 e. The zero-order chi connectivity index (χ0) is 13.4. The van der Waals surface area contributed by atoms with Crippen LogP contribution in [0.4, 0.5) is 5.82 Å². The largest absolute Gasteiger partial charge is 0.308 e. The molecule has 0 amide bonds. The molecule has 3 rings (SSSR count). The van der Waals surface area contributed by atoms with Crippen molar-refractivity contribution in [3.8, 4) is 10.4 Å². The van der Waals surface area contributed by atoms with Gasteiger partial charge in [0.25, 0.3) is 0 Å². The lowest BCUT2D eigenvalue weighted by molar-refractivity contribution is 1.25. The van der Waals surface area contributed by atoms with E-state index >= 15 is 0 Å². The first-order valence-corrected chi connectivity index (χ1v) is 7.00. The van der Waals surface area contributed by atoms with Crippen molar-refractivity contribution in [1.82, 2.24) is 4.98 Å². The highest BCUT2D eigenvalue weighted by Gasteiger charge is 2.11. The van der Waals surface area contributed by atoms with E-state index in [0.29, 0.717) is 0 Å². The number of nitrogen functional groups attached to an aromatic ring is 1. The first kappa shape index (κ1) is 12.1. The van der Waals surface area contributed by atoms with E-state index < -0.39 is 0 Å². The van der Waals surface area contributed by atoms with E-state index in [9.17, 15) is 0 Å². The van der Waals surface area contributed by atoms with E-state index in [1.807, 2.05) is 6.07 Å². The molecule has 0 aliphatic rings. The van der Waals surface area contributed by atoms with E-state index in [0.717, 1.165) is 22.3 Å². The van der Waals surface area contributed by atoms with Gasteiger partial charge in [0.15, 0.2) is 0 Å². The van der Waals surface area contributed by atoms with Crippen LogP contribution >= 0.6 is 11.3 Å². The average Bonchev–Trinajstić information content (AvgIpc) is 2.96. The molecule has 0 fully saturated rings. The SMILES string of the molecule is Cc1ccc2cc(-c3cccs3)c(NN)nc2c1C. The zero-order valence-corrected chi connectivity index (χ0v) is 11.7. The van der Waals surface area contributed by atoms with Crippen molar-refractivity contribution in [2.45, 2.75) is 13.8 Å². The minimum atomic E-state index is 0.726. The number of hydrogen-bond acceptors (Lipinski definition) is 4. The van der Waals surface area contributed by atoms with E-state index in [1.54, 1.807) is 11.3 Å². The van der Waals surface area contributed by atoms with Crippen molar-refractivity contribution < 1.29 is 0 Å². The highest BCUT2D eigenvalue weighted by Crippen LogP contribution is 2.33. The highest BCUT2D eigenvalue weighted by molar-refractivity contribution is 7.13. The molecule has 0 bridgehead atoms. The average molecular weight is 269 g/mol. The number of aromatic nitrogens is 1. The fourth-order valence-corrected chi connectivity index (χ4v) is 2.96. The van der Waals surface area contributed by atoms with Crippen LogP contribution in [-0.2, 0) is 0 Å². The lowest BCUT2D eigenvalue weighted by atomic mass is 10.0. The normalized spacial score (nSPS) is 10.9. The Bertz CT molecular complexity index is 733. The molecule has 3 aromatic rings. The predicted octanol–water partition coefficient (Wildman–Crippen LogP) is 3.87. The van der Waals surface area contributed by atoms with Gasteiger partial charge in [0.2, 0.25) is 0 Å². The molecule has 0 aliphatic carbocycles. The first-order valence-electron chi connectivity index (χ1n) is 6.12. The van der Waals surface area contributed by atoms with Crippen molar-refractivity contribution in [3.63, 3.8) is 0 Å². The van der Waals surface area contributed by atoms with E-state index in [2.05, 4.69) is 53.9 Å². The van der Waals surface area contributed by atoms with Crippen LogP contribution in [0.15, 0.2) is 35.7 Å². The van der Waals surface area contributed by atoms with E-state index in [-0.39, 0.29) is 0 Å². The number of thiophene rings is 1. The second-order valence-electron chi connectivity index (χ2n) is 4.59. The molecule has 0 unspecified atom stereocenters. The summed E-state index contributed by atoms with van der Waals surface area (Å²) in [6.45, 7) is 4.19. The lowest BCUT2D eigenvalue weighted by Crippen LogP contribution is -2.10. The topological polar surface area (TPSA) is 50.9 Å². The number of fused-ring (bicyclic) bond motifs is 1. The molecule has 4 heteroatoms. The van der Waals surface area contributed by atoms with Gasteiger partial charge < -0.3 is 5.43 Å². The third kappa shape index (κ3) is 1.99. The van der Waals surface area contributed by atoms with Crippen LogP contribution in [0.25, 0.3) is 21.3 Å². The number of nitrogens with zero attached hydrogens (tertiary/aromatic N) is 1. The Morgan fingerprint density at radius 1 is 1.21 bits per heavy atom. The third-order valence-corrected chi connectivity index (χ3v) is 4.34. The minimum Gasteiger partial charge on any atom is -0.308 e. The van der Waals surface area contributed by atoms with E-state index in [4.69, 9.17) is 5.84 Å². The van der Waals surface area contributed by atoms with Crippen LogP contribution in [0.1, 0.15) is 11.1 Å². The molecule has 2 heterocycles. The van der Waals surface area contributed by atoms with Gasteiger partial charge in [-0.05, 0) is 42.5 Å². The van der Waals surface area contributed by atoms with E-state index in [1.165, 1.54) is 16.0 Å². The Morgan fingerprint density at radius 3 is 2.74 bits per heavy atom. The summed E-state index contributed by atoms with van der Waals surface area (Å²) in [7, 11) is 0. The summed E-state index contributed by atoms with van der Waals surface area (Å²) in [5.74, 6) is 6.35. The Morgan fingerprint density at radius 2 is 2.05 bits per heavy atom. The summed E-state index contributed by atoms with van der Waals surface area (Å²) >= 11 is 1.69. The van der Waals surface area contributed by atoms with Crippen LogP contribution in [0.2, 0.25) is 0 Å². The molecule has 0 saturated heterocycles. The molecule has 0 radical (unpaired) electrons. The molecule has 0 aliphatic heterocycles. The van der Waals surface area contributed by atoms with Crippen LogP contribution < -0.4 is 11.3 Å². The van der Waals surface area contributed by atoms with Crippen molar-refractivity contribution >= 4 is 28.1 Å². The summed E-state index contributed by atoms with van der Waals surface area (Å²) in [6, 6.07) is 10.5. The van der Waals surface area contributed by atoms with Gasteiger partial charge in [-0.15, -0.1) is 11.3 Å². The molecule has 0 atom stereocenters. The number of aryl methyl sites for hydroxylation is 2. The fraction of sp³-hybridized carbons (Fsp3) is 0.133. The van der Waals surface area contributed by atoms with Gasteiger partial charge in [0.05, 0.1) is 5.52 Å². The summed E-state index contributed by atoms with van der Waals surface area (Å²) in [5, 5.41) is 3.20. The Kier molecular flexibility index (Phi) is 2.97. The molecule has 1 aromatic carbocycles. The van der Waals surface area contributed by atoms with Crippen molar-refractivity contribution in [1.29, 1.82) is 0 Å². The number of hydrazine groups is 1. The van der Waals surface area contributed by atoms with Crippen LogP contribution in [0, 0.1) is 13.8 Å². The maximum atomic E-state index is 5.63. The standard InChI is InChI=1S/C15H15N3S/c1-9-5-6-11-8-12(13-4-3-7-19-13)15(18-16)17-14(11)10(9)2/h3-8H,16H2,1-2H3,(H,17,18). The molecule has 3 N–H and O–H groups in total. The number of benzene rings is 1. The van der Waals surface area contributed by atoms with Crippen molar-refractivity contribution in [2.75, 3.05) is 5.43 Å². The molecule has 96 valence electrons. The van der Waals surface area contributed by atoms with Crippen LogP contribution in [0.5, 0.6) is 0 Å². The van der Waals surface area contributed by atoms with Gasteiger partial charge in [-0.25, -0.2) is 10.8 Å². The molecule has 0 saturated carbocycles. The molecule has 2 aromatic heterocycles. The molecule has 19 heavy (non-hydrogen) atoms. The van der Waals surface area contributed by atoms with Crippen molar-refractivity contribution in [2.24, 2.45) is 5.84 Å². The van der Waals surface area contributed by atoms with Gasteiger partial charge in [-0.3, -0.25) is 0 Å². The van der Waals surface area contributed by atoms with Gasteiger partial charge in [0, 0.05) is 15.8 Å². The quantitative estimate of drug-likeness (QED) is 0.548. The van der Waals surface area contributed by atoms with Gasteiger partial charge in [0.1, 0.15) is 5.82 Å². The number of rotatable bonds is 2. The number of pyridine rings is 1. The Labute approximate surface area is 116 Å². The monoisotopic (exact) mass is 269 g/mol. The molecular weight excluding hydrogens is 254 g/mol. The second-order valence-corrected chi connectivity index (χ2v) is 5.53. The first-order chi connectivity index (χ1) is 9.20. The third-order valence-electron chi connectivity index (χ3n) is 3.43. The number of nitrogens with two attached hydrogens (primary N) is 1. The summed E-state index contributed by atoms with van der Waals surface area (Å²) in [5.41, 5.74) is 7.22. The molecule has 0 spiro atoms. The Hall–Kier alpha value is -1.91. The number of anilines is 1. The number of hydrogen-bond donors (Lipinski definition) is 2. The highest BCUT2D eigenvalue weighted by atomic mass is 32.1. The van der Waals surface area contributed by atoms with Crippen LogP contribution in [-0.4, -0.2) is 4.98 Å². The summed E-state index contributed by atoms with van der Waals surface area (Å²) in [4.78, 5) is 5.85. The lowest BCUT2D eigenvalue weighted by Gasteiger charge is -2.11. The number of nitrogens with one attached hydrogen (secondary N) is 1. The van der Waals surface area contributed by atoms with Gasteiger partial charge in [-0.2, -0.15) is 0 Å². The van der Waals surface area contributed by atoms with Gasteiger partial charge >= 0.3 is 0 Å². The Balaban J connectivity index is 2.33. The fourth-order valence-electron chi connectivity index (χ4n) is 2.21. The van der Waals surface area contributed by atoms with Gasteiger partial charge in [-0.1, -0.05) is 18.2 Å². The second kappa shape index (κ2) is 4.64. The molecule has 3 nitrogen and oxygen atoms in total. The van der Waals surface area contributed by atoms with Crippen molar-refractivity contribution in [3.05, 3.63) is 46.8 Å². The summed E-state index contributed by atoms with van der Waals surface area (Å²) < 4.78 is 0. The van der Waals surface area contributed by atoms with Crippen LogP contribution in [0.3, 0.4) is 0 Å². The molecular formula is C15H15N3S.